The number of Topliss-reactive ketones (excluding diaryl/α,β-unsaturated/α-hetero) is 1. The maximum Gasteiger partial charge on any atom is 0.345 e. The van der Waals surface area contributed by atoms with Crippen LogP contribution < -0.4 is 0 Å². The van der Waals surface area contributed by atoms with Gasteiger partial charge in [0, 0.05) is 6.42 Å². The molecule has 0 radical (unpaired) electrons. The molecule has 2 aromatic rings. The van der Waals surface area contributed by atoms with Crippen LogP contribution in [0.3, 0.4) is 0 Å². The van der Waals surface area contributed by atoms with E-state index < -0.39 is 11.9 Å². The average molecular weight is 324 g/mol. The van der Waals surface area contributed by atoms with Crippen LogP contribution in [0.4, 0.5) is 0 Å². The van der Waals surface area contributed by atoms with Gasteiger partial charge in [-0.15, -0.1) is 22.7 Å². The van der Waals surface area contributed by atoms with Crippen molar-refractivity contribution < 1.29 is 24.6 Å². The first-order valence-electron chi connectivity index (χ1n) is 6.14. The fourth-order valence-corrected chi connectivity index (χ4v) is 3.39. The molecule has 0 aliphatic carbocycles. The van der Waals surface area contributed by atoms with Crippen LogP contribution in [0.25, 0.3) is 0 Å². The van der Waals surface area contributed by atoms with Crippen LogP contribution >= 0.6 is 22.7 Å². The standard InChI is InChI=1S/C14H12O5S2/c15-9(10-4-5-11(21-10)13(16)17)3-1-2-8-6-12(14(18)19)20-7-8/h4-7H,1-3H2,(H,16,17)(H,18,19). The molecule has 2 heterocycles. The minimum absolute atomic E-state index is 0.0822. The number of carboxylic acid groups (broad SMARTS) is 2. The quantitative estimate of drug-likeness (QED) is 0.761. The Labute approximate surface area is 128 Å². The second-order valence-corrected chi connectivity index (χ2v) is 6.37. The molecule has 5 nitrogen and oxygen atoms in total. The van der Waals surface area contributed by atoms with E-state index in [1.165, 1.54) is 23.5 Å². The van der Waals surface area contributed by atoms with Crippen LogP contribution in [0, 0.1) is 0 Å². The summed E-state index contributed by atoms with van der Waals surface area (Å²) in [5.41, 5.74) is 0.905. The number of carbonyl (C=O) groups is 3. The van der Waals surface area contributed by atoms with Crippen molar-refractivity contribution >= 4 is 40.4 Å². The van der Waals surface area contributed by atoms with E-state index in [4.69, 9.17) is 10.2 Å². The summed E-state index contributed by atoms with van der Waals surface area (Å²) in [6, 6.07) is 4.58. The second-order valence-electron chi connectivity index (χ2n) is 4.37. The van der Waals surface area contributed by atoms with E-state index in [9.17, 15) is 14.4 Å². The van der Waals surface area contributed by atoms with Crippen LogP contribution in [0.1, 0.15) is 47.4 Å². The molecular weight excluding hydrogens is 312 g/mol. The highest BCUT2D eigenvalue weighted by atomic mass is 32.1. The van der Waals surface area contributed by atoms with Crippen molar-refractivity contribution in [3.63, 3.8) is 0 Å². The molecule has 0 aromatic carbocycles. The highest BCUT2D eigenvalue weighted by molar-refractivity contribution is 7.15. The zero-order valence-electron chi connectivity index (χ0n) is 10.9. The monoisotopic (exact) mass is 324 g/mol. The molecule has 0 amide bonds. The Balaban J connectivity index is 1.85. The molecule has 110 valence electrons. The van der Waals surface area contributed by atoms with Crippen molar-refractivity contribution in [1.82, 2.24) is 0 Å². The van der Waals surface area contributed by atoms with Gasteiger partial charge < -0.3 is 10.2 Å². The third-order valence-electron chi connectivity index (χ3n) is 2.83. The van der Waals surface area contributed by atoms with Gasteiger partial charge >= 0.3 is 11.9 Å². The Morgan fingerprint density at radius 1 is 1.00 bits per heavy atom. The molecule has 2 aromatic heterocycles. The van der Waals surface area contributed by atoms with Crippen LogP contribution in [0.5, 0.6) is 0 Å². The van der Waals surface area contributed by atoms with E-state index in [1.807, 2.05) is 0 Å². The van der Waals surface area contributed by atoms with E-state index in [-0.39, 0.29) is 10.7 Å². The Bertz CT molecular complexity index is 683. The lowest BCUT2D eigenvalue weighted by Crippen LogP contribution is -1.97. The Hall–Kier alpha value is -1.99. The maximum atomic E-state index is 11.9. The van der Waals surface area contributed by atoms with Gasteiger partial charge in [-0.3, -0.25) is 4.79 Å². The number of aryl methyl sites for hydroxylation is 1. The number of carboxylic acids is 2. The summed E-state index contributed by atoms with van der Waals surface area (Å²) in [5.74, 6) is -2.05. The number of hydrogen-bond acceptors (Lipinski definition) is 5. The summed E-state index contributed by atoms with van der Waals surface area (Å²) in [4.78, 5) is 34.3. The molecule has 2 rings (SSSR count). The van der Waals surface area contributed by atoms with E-state index in [2.05, 4.69) is 0 Å². The zero-order chi connectivity index (χ0) is 15.4. The largest absolute Gasteiger partial charge is 0.477 e. The van der Waals surface area contributed by atoms with Crippen molar-refractivity contribution in [2.24, 2.45) is 0 Å². The van der Waals surface area contributed by atoms with Gasteiger partial charge in [0.05, 0.1) is 4.88 Å². The fraction of sp³-hybridized carbons (Fsp3) is 0.214. The van der Waals surface area contributed by atoms with Crippen molar-refractivity contribution in [2.45, 2.75) is 19.3 Å². The van der Waals surface area contributed by atoms with Crippen molar-refractivity contribution in [2.75, 3.05) is 0 Å². The molecular formula is C14H12O5S2. The summed E-state index contributed by atoms with van der Waals surface area (Å²) < 4.78 is 0. The number of carbonyl (C=O) groups excluding carboxylic acids is 1. The van der Waals surface area contributed by atoms with E-state index in [1.54, 1.807) is 11.4 Å². The number of rotatable bonds is 7. The summed E-state index contributed by atoms with van der Waals surface area (Å²) >= 11 is 2.15. The van der Waals surface area contributed by atoms with Crippen molar-refractivity contribution in [3.8, 4) is 0 Å². The van der Waals surface area contributed by atoms with Gasteiger partial charge in [0.15, 0.2) is 5.78 Å². The molecule has 0 unspecified atom stereocenters. The normalized spacial score (nSPS) is 10.5. The summed E-state index contributed by atoms with van der Waals surface area (Å²) in [5, 5.41) is 19.4. The lowest BCUT2D eigenvalue weighted by atomic mass is 10.1. The highest BCUT2D eigenvalue weighted by Gasteiger charge is 2.13. The molecule has 0 atom stereocenters. The molecule has 0 spiro atoms. The number of thiophene rings is 2. The predicted octanol–water partition coefficient (Wildman–Crippen LogP) is 3.41. The molecule has 21 heavy (non-hydrogen) atoms. The first kappa shape index (κ1) is 15.4. The summed E-state index contributed by atoms with van der Waals surface area (Å²) in [6.45, 7) is 0. The van der Waals surface area contributed by atoms with Crippen molar-refractivity contribution in [3.05, 3.63) is 43.8 Å². The summed E-state index contributed by atoms with van der Waals surface area (Å²) in [7, 11) is 0. The number of aromatic carboxylic acids is 2. The van der Waals surface area contributed by atoms with Gasteiger partial charge in [0.1, 0.15) is 9.75 Å². The SMILES string of the molecule is O=C(O)c1cc(CCCC(=O)c2ccc(C(=O)O)s2)cs1. The van der Waals surface area contributed by atoms with E-state index >= 15 is 0 Å². The second kappa shape index (κ2) is 6.64. The maximum absolute atomic E-state index is 11.9. The minimum atomic E-state index is -1.03. The first-order valence-corrected chi connectivity index (χ1v) is 7.84. The highest BCUT2D eigenvalue weighted by Crippen LogP contribution is 2.20. The third kappa shape index (κ3) is 3.99. The smallest absolute Gasteiger partial charge is 0.345 e. The Kier molecular flexibility index (Phi) is 4.87. The molecule has 0 aliphatic heterocycles. The molecule has 2 N–H and O–H groups in total. The third-order valence-corrected chi connectivity index (χ3v) is 4.91. The molecule has 0 bridgehead atoms. The first-order chi connectivity index (χ1) is 9.97. The van der Waals surface area contributed by atoms with Crippen LogP contribution in [-0.4, -0.2) is 27.9 Å². The molecule has 0 saturated carbocycles. The van der Waals surface area contributed by atoms with Gasteiger partial charge in [0.2, 0.25) is 0 Å². The molecule has 0 saturated heterocycles. The minimum Gasteiger partial charge on any atom is -0.477 e. The number of hydrogen-bond donors (Lipinski definition) is 2. The van der Waals surface area contributed by atoms with Crippen LogP contribution in [0.15, 0.2) is 23.6 Å². The average Bonchev–Trinajstić information content (AvgIpc) is 3.07. The summed E-state index contributed by atoms with van der Waals surface area (Å²) in [6.07, 6.45) is 1.55. The van der Waals surface area contributed by atoms with Gasteiger partial charge in [-0.2, -0.15) is 0 Å². The topological polar surface area (TPSA) is 91.7 Å². The van der Waals surface area contributed by atoms with Gasteiger partial charge in [-0.25, -0.2) is 9.59 Å². The van der Waals surface area contributed by atoms with E-state index in [0.717, 1.165) is 16.9 Å². The molecule has 7 heteroatoms. The lowest BCUT2D eigenvalue weighted by molar-refractivity contribution is 0.0691. The Morgan fingerprint density at radius 2 is 1.67 bits per heavy atom. The Morgan fingerprint density at radius 3 is 2.24 bits per heavy atom. The zero-order valence-corrected chi connectivity index (χ0v) is 12.5. The van der Waals surface area contributed by atoms with Crippen molar-refractivity contribution in [1.29, 1.82) is 0 Å². The predicted molar refractivity (Wildman–Crippen MR) is 79.8 cm³/mol. The van der Waals surface area contributed by atoms with Crippen LogP contribution in [-0.2, 0) is 6.42 Å². The van der Waals surface area contributed by atoms with E-state index in [0.29, 0.717) is 29.0 Å². The van der Waals surface area contributed by atoms with Crippen LogP contribution in [0.2, 0.25) is 0 Å². The molecule has 0 fully saturated rings. The molecule has 0 aliphatic rings. The van der Waals surface area contributed by atoms with Gasteiger partial charge in [0.25, 0.3) is 0 Å². The fourth-order valence-electron chi connectivity index (χ4n) is 1.80. The van der Waals surface area contributed by atoms with Gasteiger partial charge in [-0.05, 0) is 42.0 Å². The van der Waals surface area contributed by atoms with Gasteiger partial charge in [-0.1, -0.05) is 0 Å². The lowest BCUT2D eigenvalue weighted by Gasteiger charge is -1.97. The number of ketones is 1.